The SMILES string of the molecule is C=CCCC(=O)N[C@@H](COC)[C@@H](OC(=O)[C@H]1[C@@H]2O[C@@]3(CC2Br)[C@@H]1C(=O)N(CCCCCO)[C@@H]3C(=O)N(CC=C)Cn1nnc2ccccc21)c1ccccc1. The van der Waals surface area contributed by atoms with Gasteiger partial charge < -0.3 is 34.4 Å². The number of allylic oxidation sites excluding steroid dienone is 1. The van der Waals surface area contributed by atoms with Gasteiger partial charge in [-0.25, -0.2) is 4.68 Å². The van der Waals surface area contributed by atoms with Crippen LogP contribution in [0.3, 0.4) is 0 Å². The number of para-hydroxylation sites is 1. The van der Waals surface area contributed by atoms with E-state index in [4.69, 9.17) is 14.2 Å². The third-order valence-electron chi connectivity index (χ3n) is 10.7. The highest BCUT2D eigenvalue weighted by Crippen LogP contribution is 2.60. The van der Waals surface area contributed by atoms with E-state index in [1.165, 1.54) is 7.11 Å². The lowest BCUT2D eigenvalue weighted by Gasteiger charge is -2.37. The summed E-state index contributed by atoms with van der Waals surface area (Å²) in [5.41, 5.74) is 0.702. The van der Waals surface area contributed by atoms with Gasteiger partial charge in [-0.2, -0.15) is 0 Å². The minimum absolute atomic E-state index is 0.00711. The van der Waals surface area contributed by atoms with E-state index in [9.17, 15) is 24.3 Å². The monoisotopic (exact) mass is 820 g/mol. The Bertz CT molecular complexity index is 1860. The van der Waals surface area contributed by atoms with Crippen LogP contribution in [0.2, 0.25) is 0 Å². The summed E-state index contributed by atoms with van der Waals surface area (Å²) in [6, 6.07) is 14.7. The fourth-order valence-corrected chi connectivity index (χ4v) is 9.29. The molecule has 3 aromatic rings. The molecule has 3 saturated heterocycles. The van der Waals surface area contributed by atoms with Crippen LogP contribution in [0.15, 0.2) is 79.9 Å². The van der Waals surface area contributed by atoms with E-state index < -0.39 is 47.7 Å². The molecule has 2 N–H and O–H groups in total. The maximum absolute atomic E-state index is 15.0. The van der Waals surface area contributed by atoms with Gasteiger partial charge >= 0.3 is 5.97 Å². The number of rotatable bonds is 20. The molecule has 3 amide bonds. The molecule has 55 heavy (non-hydrogen) atoms. The normalized spacial score (nSPS) is 25.0. The average molecular weight is 822 g/mol. The Labute approximate surface area is 329 Å². The number of methoxy groups -OCH3 is 1. The second-order valence-electron chi connectivity index (χ2n) is 14.3. The molecule has 14 nitrogen and oxygen atoms in total. The number of ether oxygens (including phenoxy) is 3. The number of nitrogens with one attached hydrogen (secondary N) is 1. The fraction of sp³-hybridized carbons (Fsp3) is 0.500. The van der Waals surface area contributed by atoms with Crippen LogP contribution < -0.4 is 5.32 Å². The van der Waals surface area contributed by atoms with E-state index in [2.05, 4.69) is 44.7 Å². The molecule has 1 aromatic heterocycles. The molecule has 1 spiro atoms. The lowest BCUT2D eigenvalue weighted by molar-refractivity contribution is -0.163. The van der Waals surface area contributed by atoms with Gasteiger partial charge in [0.05, 0.1) is 36.1 Å². The Hall–Kier alpha value is -4.44. The number of amides is 3. The highest BCUT2D eigenvalue weighted by atomic mass is 79.9. The van der Waals surface area contributed by atoms with Crippen LogP contribution in [0.25, 0.3) is 11.0 Å². The number of aliphatic hydroxyl groups is 1. The number of benzene rings is 2. The highest BCUT2D eigenvalue weighted by molar-refractivity contribution is 9.09. The van der Waals surface area contributed by atoms with Crippen molar-refractivity contribution < 1.29 is 38.5 Å². The summed E-state index contributed by atoms with van der Waals surface area (Å²) in [5.74, 6) is -3.72. The predicted molar refractivity (Wildman–Crippen MR) is 206 cm³/mol. The van der Waals surface area contributed by atoms with Crippen molar-refractivity contribution in [3.63, 3.8) is 0 Å². The third-order valence-corrected chi connectivity index (χ3v) is 11.6. The molecule has 3 aliphatic rings. The minimum atomic E-state index is -1.34. The molecule has 3 fully saturated rings. The summed E-state index contributed by atoms with van der Waals surface area (Å²) < 4.78 is 20.2. The third kappa shape index (κ3) is 8.11. The first-order chi connectivity index (χ1) is 26.7. The standard InChI is InChI=1S/C40H49BrN6O8/c1-4-6-19-31(49)42-29(24-53-3)34(26-15-9-7-10-16-26)54-39(52)32-33-37(50)46(21-13-8-14-22-48)36(40(33)23-27(41)35(32)55-40)38(51)45(20-5-2)25-47-30-18-12-11-17-28(30)43-44-47/h4-5,7,9-12,15-18,27,29,32-36,48H,1-2,6,8,13-14,19-25H2,3H3,(H,42,49)/t27?,29-,32+,33-,34-,35+,36+,40-/m0/s1. The van der Waals surface area contributed by atoms with Crippen LogP contribution >= 0.6 is 15.9 Å². The van der Waals surface area contributed by atoms with Crippen molar-refractivity contribution >= 4 is 50.7 Å². The van der Waals surface area contributed by atoms with Crippen molar-refractivity contribution in [3.05, 3.63) is 85.5 Å². The van der Waals surface area contributed by atoms with E-state index in [0.717, 1.165) is 5.52 Å². The Kier molecular flexibility index (Phi) is 13.2. The fourth-order valence-electron chi connectivity index (χ4n) is 8.34. The average Bonchev–Trinajstić information content (AvgIpc) is 3.91. The van der Waals surface area contributed by atoms with Crippen LogP contribution in [-0.2, 0) is 40.1 Å². The number of aliphatic hydroxyl groups excluding tert-OH is 1. The number of fused-ring (bicyclic) bond motifs is 2. The van der Waals surface area contributed by atoms with Gasteiger partial charge in [-0.05, 0) is 49.8 Å². The summed E-state index contributed by atoms with van der Waals surface area (Å²) >= 11 is 3.75. The molecular formula is C40H49BrN6O8. The topological polar surface area (TPSA) is 165 Å². The quantitative estimate of drug-likeness (QED) is 0.0744. The molecule has 2 aromatic carbocycles. The Balaban J connectivity index is 1.34. The lowest BCUT2D eigenvalue weighted by Crippen LogP contribution is -2.57. The van der Waals surface area contributed by atoms with Crippen molar-refractivity contribution in [3.8, 4) is 0 Å². The van der Waals surface area contributed by atoms with Crippen LogP contribution in [0.4, 0.5) is 0 Å². The van der Waals surface area contributed by atoms with Crippen molar-refractivity contribution in [2.24, 2.45) is 11.8 Å². The van der Waals surface area contributed by atoms with Crippen LogP contribution in [0, 0.1) is 11.8 Å². The summed E-state index contributed by atoms with van der Waals surface area (Å²) in [4.78, 5) is 60.1. The molecular weight excluding hydrogens is 772 g/mol. The number of aromatic nitrogens is 3. The number of likely N-dealkylation sites (tertiary alicyclic amines) is 1. The van der Waals surface area contributed by atoms with Crippen molar-refractivity contribution in [1.29, 1.82) is 0 Å². The van der Waals surface area contributed by atoms with Crippen LogP contribution in [0.1, 0.15) is 50.2 Å². The molecule has 1 unspecified atom stereocenters. The van der Waals surface area contributed by atoms with E-state index in [1.807, 2.05) is 42.5 Å². The zero-order valence-electron chi connectivity index (χ0n) is 31.0. The second kappa shape index (κ2) is 18.0. The van der Waals surface area contributed by atoms with Gasteiger partial charge in [0.1, 0.15) is 29.9 Å². The van der Waals surface area contributed by atoms with Gasteiger partial charge in [0.25, 0.3) is 0 Å². The predicted octanol–water partition coefficient (Wildman–Crippen LogP) is 3.70. The first kappa shape index (κ1) is 40.2. The van der Waals surface area contributed by atoms with Crippen LogP contribution in [0.5, 0.6) is 0 Å². The van der Waals surface area contributed by atoms with Crippen LogP contribution in [-0.4, -0.2) is 116 Å². The summed E-state index contributed by atoms with van der Waals surface area (Å²) in [6.45, 7) is 8.07. The van der Waals surface area contributed by atoms with Gasteiger partial charge in [0.15, 0.2) is 0 Å². The number of carbonyl (C=O) groups is 4. The number of carbonyl (C=O) groups excluding carboxylic acids is 4. The number of hydrogen-bond donors (Lipinski definition) is 2. The number of esters is 1. The molecule has 294 valence electrons. The number of hydrogen-bond acceptors (Lipinski definition) is 10. The van der Waals surface area contributed by atoms with Gasteiger partial charge in [-0.3, -0.25) is 19.2 Å². The Morgan fingerprint density at radius 1 is 1.13 bits per heavy atom. The van der Waals surface area contributed by atoms with Crippen molar-refractivity contribution in [1.82, 2.24) is 30.1 Å². The van der Waals surface area contributed by atoms with E-state index in [-0.39, 0.29) is 61.9 Å². The van der Waals surface area contributed by atoms with E-state index in [1.54, 1.807) is 38.8 Å². The maximum Gasteiger partial charge on any atom is 0.313 e. The van der Waals surface area contributed by atoms with Gasteiger partial charge in [0, 0.05) is 38.1 Å². The summed E-state index contributed by atoms with van der Waals surface area (Å²) in [6.07, 6.45) is 4.23. The first-order valence-electron chi connectivity index (χ1n) is 18.7. The summed E-state index contributed by atoms with van der Waals surface area (Å²) in [5, 5.41) is 21.0. The number of unbranched alkanes of at least 4 members (excludes halogenated alkanes) is 2. The molecule has 0 radical (unpaired) electrons. The minimum Gasteiger partial charge on any atom is -0.455 e. The summed E-state index contributed by atoms with van der Waals surface area (Å²) in [7, 11) is 1.50. The number of halogens is 1. The number of nitrogens with zero attached hydrogens (tertiary/aromatic N) is 5. The lowest BCUT2D eigenvalue weighted by atomic mass is 9.70. The van der Waals surface area contributed by atoms with E-state index in [0.29, 0.717) is 43.2 Å². The second-order valence-corrected chi connectivity index (χ2v) is 15.4. The smallest absolute Gasteiger partial charge is 0.313 e. The molecule has 8 atom stereocenters. The van der Waals surface area contributed by atoms with Gasteiger partial charge in [-0.1, -0.05) is 75.8 Å². The van der Waals surface area contributed by atoms with Gasteiger partial charge in [0.2, 0.25) is 17.7 Å². The van der Waals surface area contributed by atoms with Crippen molar-refractivity contribution in [2.45, 2.75) is 79.9 Å². The molecule has 4 heterocycles. The molecule has 0 saturated carbocycles. The van der Waals surface area contributed by atoms with Gasteiger partial charge in [-0.15, -0.1) is 18.3 Å². The molecule has 15 heteroatoms. The molecule has 0 aliphatic carbocycles. The molecule has 3 aliphatic heterocycles. The molecule has 6 rings (SSSR count). The zero-order valence-corrected chi connectivity index (χ0v) is 32.6. The zero-order chi connectivity index (χ0) is 39.1. The largest absolute Gasteiger partial charge is 0.455 e. The number of alkyl halides is 1. The highest BCUT2D eigenvalue weighted by Gasteiger charge is 2.77. The van der Waals surface area contributed by atoms with E-state index >= 15 is 0 Å². The Morgan fingerprint density at radius 2 is 1.89 bits per heavy atom. The molecule has 2 bridgehead atoms. The Morgan fingerprint density at radius 3 is 2.62 bits per heavy atom. The first-order valence-corrected chi connectivity index (χ1v) is 19.7. The maximum atomic E-state index is 15.0. The van der Waals surface area contributed by atoms with Crippen molar-refractivity contribution in [2.75, 3.05) is 33.4 Å².